The molecule has 5 rings (SSSR count). The van der Waals surface area contributed by atoms with E-state index in [9.17, 15) is 9.59 Å². The monoisotopic (exact) mass is 465 g/mol. The number of aromatic nitrogens is 2. The molecule has 1 N–H and O–H groups in total. The van der Waals surface area contributed by atoms with Gasteiger partial charge in [-0.2, -0.15) is 0 Å². The van der Waals surface area contributed by atoms with Gasteiger partial charge in [-0.3, -0.25) is 14.2 Å². The molecule has 170 valence electrons. The Balaban J connectivity index is 1.45. The summed E-state index contributed by atoms with van der Waals surface area (Å²) in [4.78, 5) is 30.7. The molecule has 0 saturated carbocycles. The van der Waals surface area contributed by atoms with E-state index in [0.717, 1.165) is 18.2 Å². The van der Waals surface area contributed by atoms with Crippen molar-refractivity contribution in [3.63, 3.8) is 0 Å². The maximum Gasteiger partial charge on any atom is 0.297 e. The van der Waals surface area contributed by atoms with Gasteiger partial charge in [0.1, 0.15) is 16.8 Å². The Morgan fingerprint density at radius 1 is 1.27 bits per heavy atom. The lowest BCUT2D eigenvalue weighted by Crippen LogP contribution is -2.29. The average Bonchev–Trinajstić information content (AvgIpc) is 3.48. The Morgan fingerprint density at radius 3 is 2.97 bits per heavy atom. The van der Waals surface area contributed by atoms with Gasteiger partial charge in [-0.15, -0.1) is 0 Å². The molecule has 9 heteroatoms. The van der Waals surface area contributed by atoms with Crippen LogP contribution in [0.4, 0.5) is 5.69 Å². The van der Waals surface area contributed by atoms with E-state index in [4.69, 9.17) is 18.9 Å². The summed E-state index contributed by atoms with van der Waals surface area (Å²) in [6.45, 7) is 1.06. The molecule has 2 aromatic carbocycles. The number of carbonyl (C=O) groups is 1. The molecule has 8 nitrogen and oxygen atoms in total. The highest BCUT2D eigenvalue weighted by atomic mass is 32.2. The number of amides is 1. The third kappa shape index (κ3) is 4.46. The van der Waals surface area contributed by atoms with Gasteiger partial charge in [-0.1, -0.05) is 30.0 Å². The molecular formula is C24H23N3O5S. The molecule has 1 atom stereocenters. The van der Waals surface area contributed by atoms with Gasteiger partial charge in [-0.05, 0) is 37.1 Å². The highest BCUT2D eigenvalue weighted by Gasteiger charge is 2.23. The number of anilines is 1. The molecule has 1 amide bonds. The second-order valence-corrected chi connectivity index (χ2v) is 8.73. The molecule has 0 bridgehead atoms. The highest BCUT2D eigenvalue weighted by molar-refractivity contribution is 7.99. The van der Waals surface area contributed by atoms with E-state index >= 15 is 0 Å². The van der Waals surface area contributed by atoms with Crippen molar-refractivity contribution >= 4 is 45.4 Å². The van der Waals surface area contributed by atoms with Gasteiger partial charge < -0.3 is 19.2 Å². The molecule has 1 fully saturated rings. The zero-order valence-corrected chi connectivity index (χ0v) is 18.9. The number of methoxy groups -OCH3 is 1. The van der Waals surface area contributed by atoms with E-state index < -0.39 is 0 Å². The van der Waals surface area contributed by atoms with E-state index in [1.165, 1.54) is 11.8 Å². The number of hydrogen-bond acceptors (Lipinski definition) is 7. The van der Waals surface area contributed by atoms with Crippen LogP contribution in [-0.2, 0) is 16.1 Å². The first-order chi connectivity index (χ1) is 16.1. The standard InChI is InChI=1S/C24H23N3O5S/c1-30-16-7-4-6-15(12-16)25-20(28)14-33-24-26-21-18-9-2-3-10-19(18)32-22(21)23(29)27(24)13-17-8-5-11-31-17/h2-4,6-7,9-10,12,17H,5,8,11,13-14H2,1H3,(H,25,28). The summed E-state index contributed by atoms with van der Waals surface area (Å²) in [6.07, 6.45) is 1.78. The van der Waals surface area contributed by atoms with Crippen LogP contribution in [0.25, 0.3) is 22.1 Å². The molecule has 4 aromatic rings. The number of nitrogens with zero attached hydrogens (tertiary/aromatic N) is 2. The number of benzene rings is 2. The van der Waals surface area contributed by atoms with Crippen LogP contribution in [0, 0.1) is 0 Å². The number of para-hydroxylation sites is 1. The van der Waals surface area contributed by atoms with E-state index in [-0.39, 0.29) is 28.9 Å². The Labute approximate surface area is 193 Å². The Kier molecular flexibility index (Phi) is 6.06. The lowest BCUT2D eigenvalue weighted by molar-refractivity contribution is -0.113. The van der Waals surface area contributed by atoms with Gasteiger partial charge in [-0.25, -0.2) is 4.98 Å². The normalized spacial score (nSPS) is 15.8. The summed E-state index contributed by atoms with van der Waals surface area (Å²) in [6, 6.07) is 14.6. The van der Waals surface area contributed by atoms with E-state index in [1.54, 1.807) is 29.9 Å². The SMILES string of the molecule is COc1cccc(NC(=O)CSc2nc3c(oc4ccccc43)c(=O)n2CC2CCCO2)c1. The molecule has 1 aliphatic heterocycles. The lowest BCUT2D eigenvalue weighted by Gasteiger charge is -2.15. The van der Waals surface area contributed by atoms with Crippen LogP contribution in [0.15, 0.2) is 62.9 Å². The number of thioether (sulfide) groups is 1. The Bertz CT molecular complexity index is 1370. The fourth-order valence-corrected chi connectivity index (χ4v) is 4.75. The minimum atomic E-state index is -0.262. The largest absolute Gasteiger partial charge is 0.497 e. The van der Waals surface area contributed by atoms with Gasteiger partial charge in [0.25, 0.3) is 5.56 Å². The number of hydrogen-bond donors (Lipinski definition) is 1. The Hall–Kier alpha value is -3.30. The van der Waals surface area contributed by atoms with Crippen molar-refractivity contribution in [2.75, 3.05) is 24.8 Å². The van der Waals surface area contributed by atoms with Crippen LogP contribution in [0.3, 0.4) is 0 Å². The summed E-state index contributed by atoms with van der Waals surface area (Å²) in [7, 11) is 1.57. The summed E-state index contributed by atoms with van der Waals surface area (Å²) < 4.78 is 18.4. The molecule has 1 aliphatic rings. The van der Waals surface area contributed by atoms with Crippen LogP contribution in [0.5, 0.6) is 5.75 Å². The first kappa shape index (κ1) is 21.5. The van der Waals surface area contributed by atoms with Gasteiger partial charge in [0.2, 0.25) is 11.5 Å². The van der Waals surface area contributed by atoms with Crippen LogP contribution in [0.1, 0.15) is 12.8 Å². The maximum atomic E-state index is 13.4. The van der Waals surface area contributed by atoms with Crippen LogP contribution in [-0.4, -0.2) is 41.0 Å². The molecule has 33 heavy (non-hydrogen) atoms. The average molecular weight is 466 g/mol. The van der Waals surface area contributed by atoms with Crippen molar-refractivity contribution in [3.05, 3.63) is 58.9 Å². The Morgan fingerprint density at radius 2 is 2.15 bits per heavy atom. The first-order valence-corrected chi connectivity index (χ1v) is 11.7. The van der Waals surface area contributed by atoms with Crippen molar-refractivity contribution in [2.45, 2.75) is 30.6 Å². The molecular weight excluding hydrogens is 442 g/mol. The van der Waals surface area contributed by atoms with E-state index in [2.05, 4.69) is 5.32 Å². The molecule has 1 unspecified atom stereocenters. The van der Waals surface area contributed by atoms with Crippen molar-refractivity contribution in [1.29, 1.82) is 0 Å². The van der Waals surface area contributed by atoms with Gasteiger partial charge in [0, 0.05) is 23.7 Å². The number of ether oxygens (including phenoxy) is 2. The third-order valence-corrected chi connectivity index (χ3v) is 6.52. The summed E-state index contributed by atoms with van der Waals surface area (Å²) in [5.74, 6) is 0.546. The quantitative estimate of drug-likeness (QED) is 0.325. The fourth-order valence-electron chi connectivity index (χ4n) is 3.94. The first-order valence-electron chi connectivity index (χ1n) is 10.7. The maximum absolute atomic E-state index is 13.4. The fraction of sp³-hybridized carbons (Fsp3) is 0.292. The predicted molar refractivity (Wildman–Crippen MR) is 127 cm³/mol. The van der Waals surface area contributed by atoms with Crippen molar-refractivity contribution in [3.8, 4) is 5.75 Å². The number of furan rings is 1. The molecule has 0 aliphatic carbocycles. The topological polar surface area (TPSA) is 95.6 Å². The van der Waals surface area contributed by atoms with Gasteiger partial charge in [0.15, 0.2) is 5.16 Å². The zero-order chi connectivity index (χ0) is 22.8. The number of carbonyl (C=O) groups excluding carboxylic acids is 1. The van der Waals surface area contributed by atoms with Gasteiger partial charge >= 0.3 is 0 Å². The van der Waals surface area contributed by atoms with Crippen LogP contribution >= 0.6 is 11.8 Å². The highest BCUT2D eigenvalue weighted by Crippen LogP contribution is 2.28. The minimum Gasteiger partial charge on any atom is -0.497 e. The predicted octanol–water partition coefficient (Wildman–Crippen LogP) is 4.06. The summed E-state index contributed by atoms with van der Waals surface area (Å²) in [5, 5.41) is 4.10. The molecule has 0 spiro atoms. The summed E-state index contributed by atoms with van der Waals surface area (Å²) in [5.41, 5.74) is 1.72. The van der Waals surface area contributed by atoms with Crippen molar-refractivity contribution < 1.29 is 18.7 Å². The second kappa shape index (κ2) is 9.29. The van der Waals surface area contributed by atoms with Crippen molar-refractivity contribution in [2.24, 2.45) is 0 Å². The molecule has 2 aromatic heterocycles. The van der Waals surface area contributed by atoms with E-state index in [0.29, 0.717) is 40.8 Å². The minimum absolute atomic E-state index is 0.0590. The second-order valence-electron chi connectivity index (χ2n) is 7.79. The lowest BCUT2D eigenvalue weighted by atomic mass is 10.2. The van der Waals surface area contributed by atoms with Gasteiger partial charge in [0.05, 0.1) is 25.5 Å². The molecule has 1 saturated heterocycles. The number of nitrogens with one attached hydrogen (secondary N) is 1. The van der Waals surface area contributed by atoms with Crippen LogP contribution < -0.4 is 15.6 Å². The molecule has 0 radical (unpaired) electrons. The van der Waals surface area contributed by atoms with E-state index in [1.807, 2.05) is 30.3 Å². The number of fused-ring (bicyclic) bond motifs is 3. The zero-order valence-electron chi connectivity index (χ0n) is 18.1. The molecule has 3 heterocycles. The summed E-state index contributed by atoms with van der Waals surface area (Å²) >= 11 is 1.22. The number of rotatable bonds is 7. The smallest absolute Gasteiger partial charge is 0.297 e. The van der Waals surface area contributed by atoms with Crippen LogP contribution in [0.2, 0.25) is 0 Å². The van der Waals surface area contributed by atoms with Crippen molar-refractivity contribution in [1.82, 2.24) is 9.55 Å². The third-order valence-electron chi connectivity index (χ3n) is 5.54.